The maximum atomic E-state index is 13.6. The van der Waals surface area contributed by atoms with Crippen molar-refractivity contribution in [2.75, 3.05) is 0 Å². The van der Waals surface area contributed by atoms with Crippen molar-refractivity contribution in [1.29, 1.82) is 5.26 Å². The highest BCUT2D eigenvalue weighted by Gasteiger charge is 2.31. The Kier molecular flexibility index (Phi) is 6.92. The molecule has 5 aromatic rings. The first kappa shape index (κ1) is 26.4. The Hall–Kier alpha value is -5.23. The monoisotopic (exact) mass is 537 g/mol. The minimum Gasteiger partial charge on any atom is -0.318 e. The molecule has 0 unspecified atom stereocenters. The highest BCUT2D eigenvalue weighted by Crippen LogP contribution is 2.32. The number of Topliss-reactive ketones (excluding diaryl/α,β-unsaturated/α-hetero) is 1. The zero-order chi connectivity index (χ0) is 28.4. The zero-order valence-electron chi connectivity index (χ0n) is 21.5. The van der Waals surface area contributed by atoms with Gasteiger partial charge in [0.15, 0.2) is 0 Å². The summed E-state index contributed by atoms with van der Waals surface area (Å²) < 4.78 is 43.2. The number of alkyl halides is 3. The van der Waals surface area contributed by atoms with Gasteiger partial charge in [-0.05, 0) is 68.5 Å². The van der Waals surface area contributed by atoms with E-state index in [4.69, 9.17) is 0 Å². The Balaban J connectivity index is 1.58. The van der Waals surface area contributed by atoms with Crippen molar-refractivity contribution in [3.8, 4) is 28.7 Å². The highest BCUT2D eigenvalue weighted by atomic mass is 19.4. The number of nitrogens with zero attached hydrogens (tertiary/aromatic N) is 5. The van der Waals surface area contributed by atoms with E-state index in [9.17, 15) is 23.2 Å². The van der Waals surface area contributed by atoms with Crippen LogP contribution >= 0.6 is 0 Å². The summed E-state index contributed by atoms with van der Waals surface area (Å²) in [5.41, 5.74) is 3.12. The van der Waals surface area contributed by atoms with Gasteiger partial charge in [-0.15, -0.1) is 0 Å². The Morgan fingerprint density at radius 2 is 1.73 bits per heavy atom. The van der Waals surface area contributed by atoms with Crippen LogP contribution in [0.1, 0.15) is 32.9 Å². The maximum Gasteiger partial charge on any atom is 0.416 e. The fourth-order valence-electron chi connectivity index (χ4n) is 4.59. The smallest absolute Gasteiger partial charge is 0.318 e. The van der Waals surface area contributed by atoms with Crippen molar-refractivity contribution in [3.05, 3.63) is 125 Å². The van der Waals surface area contributed by atoms with Crippen LogP contribution in [-0.2, 0) is 6.18 Å². The van der Waals surface area contributed by atoms with Crippen LogP contribution in [0.3, 0.4) is 0 Å². The molecule has 0 bridgehead atoms. The van der Waals surface area contributed by atoms with Gasteiger partial charge in [0, 0.05) is 52.4 Å². The minimum atomic E-state index is -4.50. The van der Waals surface area contributed by atoms with Crippen molar-refractivity contribution >= 4 is 11.9 Å². The molecule has 0 spiro atoms. The molecular weight excluding hydrogens is 515 g/mol. The Labute approximate surface area is 228 Å². The van der Waals surface area contributed by atoms with Crippen LogP contribution in [0.25, 0.3) is 28.7 Å². The molecule has 0 radical (unpaired) electrons. The number of benzene rings is 2. The van der Waals surface area contributed by atoms with Gasteiger partial charge in [0.05, 0.1) is 11.3 Å². The van der Waals surface area contributed by atoms with Crippen LogP contribution < -0.4 is 0 Å². The number of aromatic nitrogens is 4. The van der Waals surface area contributed by atoms with Crippen LogP contribution in [0.15, 0.2) is 97.0 Å². The number of ketones is 1. The summed E-state index contributed by atoms with van der Waals surface area (Å²) in [6, 6.07) is 21.5. The van der Waals surface area contributed by atoms with Gasteiger partial charge < -0.3 is 4.57 Å². The number of hydrogen-bond donors (Lipinski definition) is 0. The number of hydrogen-bond acceptors (Lipinski definition) is 4. The molecule has 198 valence electrons. The summed E-state index contributed by atoms with van der Waals surface area (Å²) >= 11 is 0. The predicted octanol–water partition coefficient (Wildman–Crippen LogP) is 7.15. The molecule has 3 heterocycles. The van der Waals surface area contributed by atoms with Gasteiger partial charge in [0.25, 0.3) is 0 Å². The SMILES string of the molecule is Cc1cc(C(=O)/C(C#N)=C\c2cn(-c3ccccc3)nc2-c2cccnc2)c(C)n1-c1cccc(C(F)(F)F)c1. The Morgan fingerprint density at radius 3 is 2.40 bits per heavy atom. The van der Waals surface area contributed by atoms with Gasteiger partial charge in [-0.3, -0.25) is 9.78 Å². The number of pyridine rings is 1. The molecule has 0 saturated heterocycles. The summed E-state index contributed by atoms with van der Waals surface area (Å²) in [4.78, 5) is 17.8. The maximum absolute atomic E-state index is 13.6. The number of rotatable bonds is 6. The van der Waals surface area contributed by atoms with Crippen LogP contribution in [0, 0.1) is 25.2 Å². The zero-order valence-corrected chi connectivity index (χ0v) is 21.5. The topological polar surface area (TPSA) is 76.5 Å². The Morgan fingerprint density at radius 1 is 0.975 bits per heavy atom. The number of carbonyl (C=O) groups excluding carboxylic acids is 1. The van der Waals surface area contributed by atoms with Gasteiger partial charge in [-0.1, -0.05) is 24.3 Å². The molecule has 0 atom stereocenters. The van der Waals surface area contributed by atoms with Gasteiger partial charge in [-0.2, -0.15) is 23.5 Å². The number of allylic oxidation sites excluding steroid dienone is 1. The second kappa shape index (κ2) is 10.5. The van der Waals surface area contributed by atoms with Crippen LogP contribution in [-0.4, -0.2) is 25.1 Å². The Bertz CT molecular complexity index is 1780. The highest BCUT2D eigenvalue weighted by molar-refractivity contribution is 6.15. The number of carbonyl (C=O) groups is 1. The van der Waals surface area contributed by atoms with Gasteiger partial charge in [0.1, 0.15) is 17.3 Å². The van der Waals surface area contributed by atoms with Gasteiger partial charge >= 0.3 is 6.18 Å². The number of halogens is 3. The lowest BCUT2D eigenvalue weighted by Crippen LogP contribution is -2.08. The molecule has 9 heteroatoms. The third-order valence-corrected chi connectivity index (χ3v) is 6.47. The first-order chi connectivity index (χ1) is 19.2. The quantitative estimate of drug-likeness (QED) is 0.131. The number of para-hydroxylation sites is 1. The van der Waals surface area contributed by atoms with E-state index in [0.29, 0.717) is 28.2 Å². The van der Waals surface area contributed by atoms with Gasteiger partial charge in [-0.25, -0.2) is 4.68 Å². The van der Waals surface area contributed by atoms with E-state index in [1.54, 1.807) is 59.9 Å². The standard InChI is InChI=1S/C31H22F3N5O/c1-20-14-28(21(2)39(20)27-12-6-9-25(16-27)31(32,33)34)30(40)23(17-35)15-24-19-38(26-10-4-3-5-11-26)37-29(24)22-8-7-13-36-18-22/h3-16,18-19H,1-2H3/b23-15-. The molecule has 6 nitrogen and oxygen atoms in total. The third-order valence-electron chi connectivity index (χ3n) is 6.47. The summed E-state index contributed by atoms with van der Waals surface area (Å²) in [6.45, 7) is 3.34. The first-order valence-corrected chi connectivity index (χ1v) is 12.3. The van der Waals surface area contributed by atoms with E-state index in [2.05, 4.69) is 10.1 Å². The summed E-state index contributed by atoms with van der Waals surface area (Å²) in [6.07, 6.45) is 1.99. The van der Waals surface area contributed by atoms with Crippen molar-refractivity contribution in [2.24, 2.45) is 0 Å². The van der Waals surface area contributed by atoms with Crippen LogP contribution in [0.2, 0.25) is 0 Å². The lowest BCUT2D eigenvalue weighted by Gasteiger charge is -2.13. The van der Waals surface area contributed by atoms with E-state index in [0.717, 1.165) is 17.8 Å². The van der Waals surface area contributed by atoms with E-state index in [1.165, 1.54) is 12.1 Å². The van der Waals surface area contributed by atoms with Crippen molar-refractivity contribution in [3.63, 3.8) is 0 Å². The summed E-state index contributed by atoms with van der Waals surface area (Å²) in [7, 11) is 0. The average molecular weight is 538 g/mol. The third kappa shape index (κ3) is 5.07. The lowest BCUT2D eigenvalue weighted by molar-refractivity contribution is -0.137. The largest absolute Gasteiger partial charge is 0.416 e. The number of aryl methyl sites for hydroxylation is 1. The van der Waals surface area contributed by atoms with Crippen molar-refractivity contribution in [2.45, 2.75) is 20.0 Å². The molecule has 0 aliphatic heterocycles. The minimum absolute atomic E-state index is 0.137. The molecule has 0 N–H and O–H groups in total. The van der Waals surface area contributed by atoms with Crippen molar-refractivity contribution < 1.29 is 18.0 Å². The molecule has 2 aromatic carbocycles. The van der Waals surface area contributed by atoms with E-state index in [-0.39, 0.29) is 16.8 Å². The van der Waals surface area contributed by atoms with Crippen molar-refractivity contribution in [1.82, 2.24) is 19.3 Å². The second-order valence-corrected chi connectivity index (χ2v) is 9.12. The van der Waals surface area contributed by atoms with E-state index < -0.39 is 17.5 Å². The second-order valence-electron chi connectivity index (χ2n) is 9.12. The molecule has 40 heavy (non-hydrogen) atoms. The fourth-order valence-corrected chi connectivity index (χ4v) is 4.59. The molecule has 0 fully saturated rings. The predicted molar refractivity (Wildman–Crippen MR) is 145 cm³/mol. The normalized spacial score (nSPS) is 11.8. The fraction of sp³-hybridized carbons (Fsp3) is 0.0968. The van der Waals surface area contributed by atoms with E-state index in [1.807, 2.05) is 42.5 Å². The first-order valence-electron chi connectivity index (χ1n) is 12.3. The lowest BCUT2D eigenvalue weighted by atomic mass is 10.0. The van der Waals surface area contributed by atoms with Crippen LogP contribution in [0.5, 0.6) is 0 Å². The molecule has 0 aliphatic carbocycles. The molecule has 3 aromatic heterocycles. The molecule has 0 aliphatic rings. The van der Waals surface area contributed by atoms with Gasteiger partial charge in [0.2, 0.25) is 5.78 Å². The molecular formula is C31H22F3N5O. The summed E-state index contributed by atoms with van der Waals surface area (Å²) in [5.74, 6) is -0.543. The molecule has 0 saturated carbocycles. The van der Waals surface area contributed by atoms with E-state index >= 15 is 0 Å². The average Bonchev–Trinajstić information content (AvgIpc) is 3.52. The van der Waals surface area contributed by atoms with Crippen LogP contribution in [0.4, 0.5) is 13.2 Å². The molecule has 0 amide bonds. The number of nitriles is 1. The molecule has 5 rings (SSSR count). The summed E-state index contributed by atoms with van der Waals surface area (Å²) in [5, 5.41) is 14.7.